The Balaban J connectivity index is 1.94. The van der Waals surface area contributed by atoms with Crippen molar-refractivity contribution in [2.45, 2.75) is 32.8 Å². The summed E-state index contributed by atoms with van der Waals surface area (Å²) in [6.45, 7) is 3.97. The summed E-state index contributed by atoms with van der Waals surface area (Å²) in [5, 5.41) is 12.7. The Morgan fingerprint density at radius 1 is 1.47 bits per heavy atom. The molecule has 0 aromatic carbocycles. The van der Waals surface area contributed by atoms with Crippen molar-refractivity contribution < 1.29 is 9.84 Å². The molecule has 0 unspecified atom stereocenters. The van der Waals surface area contributed by atoms with Crippen LogP contribution in [0.4, 0.5) is 5.82 Å². The van der Waals surface area contributed by atoms with Gasteiger partial charge in [-0.1, -0.05) is 11.6 Å². The zero-order chi connectivity index (χ0) is 13.7. The number of halogens is 1. The molecule has 1 fully saturated rings. The lowest BCUT2D eigenvalue weighted by atomic mass is 10.0. The molecule has 0 spiro atoms. The van der Waals surface area contributed by atoms with Crippen LogP contribution < -0.4 is 5.32 Å². The zero-order valence-corrected chi connectivity index (χ0v) is 11.9. The molecule has 0 amide bonds. The third kappa shape index (κ3) is 4.30. The third-order valence-electron chi connectivity index (χ3n) is 3.42. The number of anilines is 1. The van der Waals surface area contributed by atoms with E-state index >= 15 is 0 Å². The van der Waals surface area contributed by atoms with Crippen LogP contribution in [-0.2, 0) is 11.3 Å². The Labute approximate surface area is 118 Å². The molecule has 2 N–H and O–H groups in total. The Kier molecular flexibility index (Phi) is 4.96. The molecule has 6 heteroatoms. The van der Waals surface area contributed by atoms with E-state index in [4.69, 9.17) is 21.4 Å². The molecule has 1 heterocycles. The first kappa shape index (κ1) is 14.5. The largest absolute Gasteiger partial charge is 0.396 e. The lowest BCUT2D eigenvalue weighted by Crippen LogP contribution is -2.18. The van der Waals surface area contributed by atoms with E-state index in [0.29, 0.717) is 24.2 Å². The molecule has 0 saturated heterocycles. The molecule has 0 aliphatic heterocycles. The smallest absolute Gasteiger partial charge is 0.158 e. The average Bonchev–Trinajstić information content (AvgIpc) is 3.14. The van der Waals surface area contributed by atoms with Crippen LogP contribution in [0.3, 0.4) is 0 Å². The molecular weight excluding hydrogens is 266 g/mol. The van der Waals surface area contributed by atoms with Crippen molar-refractivity contribution in [3.8, 4) is 0 Å². The van der Waals surface area contributed by atoms with Gasteiger partial charge in [-0.2, -0.15) is 0 Å². The van der Waals surface area contributed by atoms with Gasteiger partial charge in [0.05, 0.1) is 0 Å². The van der Waals surface area contributed by atoms with Gasteiger partial charge < -0.3 is 15.2 Å². The summed E-state index contributed by atoms with van der Waals surface area (Å²) in [5.41, 5.74) is 0.242. The first-order valence-corrected chi connectivity index (χ1v) is 7.01. The van der Waals surface area contributed by atoms with Crippen LogP contribution in [0.2, 0.25) is 5.15 Å². The van der Waals surface area contributed by atoms with E-state index in [0.717, 1.165) is 31.6 Å². The third-order valence-corrected chi connectivity index (χ3v) is 3.61. The molecule has 0 bridgehead atoms. The van der Waals surface area contributed by atoms with Crippen LogP contribution in [0.15, 0.2) is 6.07 Å². The van der Waals surface area contributed by atoms with E-state index in [1.165, 1.54) is 0 Å². The average molecular weight is 286 g/mol. The first-order chi connectivity index (χ1) is 9.17. The highest BCUT2D eigenvalue weighted by atomic mass is 35.5. The van der Waals surface area contributed by atoms with E-state index < -0.39 is 0 Å². The predicted octanol–water partition coefficient (Wildman–Crippen LogP) is 2.24. The van der Waals surface area contributed by atoms with Crippen molar-refractivity contribution in [3.05, 3.63) is 17.0 Å². The van der Waals surface area contributed by atoms with Crippen molar-refractivity contribution in [2.75, 3.05) is 25.1 Å². The highest BCUT2D eigenvalue weighted by Gasteiger charge is 2.41. The number of aromatic nitrogens is 2. The summed E-state index contributed by atoms with van der Waals surface area (Å²) >= 11 is 5.97. The molecule has 1 saturated carbocycles. The van der Waals surface area contributed by atoms with Gasteiger partial charge in [0.1, 0.15) is 17.6 Å². The maximum atomic E-state index is 9.03. The molecule has 1 aromatic heterocycles. The zero-order valence-electron chi connectivity index (χ0n) is 11.2. The maximum absolute atomic E-state index is 9.03. The lowest BCUT2D eigenvalue weighted by molar-refractivity contribution is 0.128. The van der Waals surface area contributed by atoms with Gasteiger partial charge in [-0.05, 0) is 31.6 Å². The number of nitrogens with zero attached hydrogens (tertiary/aromatic N) is 2. The summed E-state index contributed by atoms with van der Waals surface area (Å²) in [7, 11) is 0. The second-order valence-corrected chi connectivity index (χ2v) is 5.34. The standard InChI is InChI=1S/C13H20ClN3O2/c1-2-19-8-12-16-10(14)7-11(17-12)15-9-13(3-4-13)5-6-18/h7,18H,2-6,8-9H2,1H3,(H,15,16,17). The fourth-order valence-electron chi connectivity index (χ4n) is 2.02. The fourth-order valence-corrected chi connectivity index (χ4v) is 2.22. The number of hydrogen-bond donors (Lipinski definition) is 2. The van der Waals surface area contributed by atoms with Crippen molar-refractivity contribution in [1.29, 1.82) is 0 Å². The van der Waals surface area contributed by atoms with E-state index in [1.54, 1.807) is 6.07 Å². The molecule has 2 rings (SSSR count). The number of aliphatic hydroxyl groups is 1. The molecule has 5 nitrogen and oxygen atoms in total. The molecule has 0 radical (unpaired) electrons. The minimum absolute atomic E-state index is 0.238. The summed E-state index contributed by atoms with van der Waals surface area (Å²) in [4.78, 5) is 8.48. The van der Waals surface area contributed by atoms with Crippen LogP contribution in [0, 0.1) is 5.41 Å². The van der Waals surface area contributed by atoms with Crippen LogP contribution in [-0.4, -0.2) is 34.8 Å². The second-order valence-electron chi connectivity index (χ2n) is 4.96. The fraction of sp³-hybridized carbons (Fsp3) is 0.692. The molecule has 1 aromatic rings. The van der Waals surface area contributed by atoms with Gasteiger partial charge in [0.15, 0.2) is 5.82 Å². The van der Waals surface area contributed by atoms with Crippen molar-refractivity contribution in [3.63, 3.8) is 0 Å². The van der Waals surface area contributed by atoms with Crippen molar-refractivity contribution in [1.82, 2.24) is 9.97 Å². The number of aliphatic hydroxyl groups excluding tert-OH is 1. The summed E-state index contributed by atoms with van der Waals surface area (Å²) < 4.78 is 5.28. The quantitative estimate of drug-likeness (QED) is 0.717. The summed E-state index contributed by atoms with van der Waals surface area (Å²) in [6, 6.07) is 1.71. The van der Waals surface area contributed by atoms with Crippen molar-refractivity contribution in [2.24, 2.45) is 5.41 Å². The Bertz CT molecular complexity index is 424. The minimum Gasteiger partial charge on any atom is -0.396 e. The Morgan fingerprint density at radius 3 is 2.89 bits per heavy atom. The van der Waals surface area contributed by atoms with Crippen LogP contribution >= 0.6 is 11.6 Å². The van der Waals surface area contributed by atoms with Crippen LogP contribution in [0.5, 0.6) is 0 Å². The van der Waals surface area contributed by atoms with E-state index in [2.05, 4.69) is 15.3 Å². The van der Waals surface area contributed by atoms with Crippen molar-refractivity contribution >= 4 is 17.4 Å². The molecule has 1 aliphatic rings. The molecule has 19 heavy (non-hydrogen) atoms. The summed E-state index contributed by atoms with van der Waals surface area (Å²) in [6.07, 6.45) is 3.15. The van der Waals surface area contributed by atoms with Gasteiger partial charge >= 0.3 is 0 Å². The minimum atomic E-state index is 0.238. The molecule has 106 valence electrons. The molecule has 1 aliphatic carbocycles. The van der Waals surface area contributed by atoms with Gasteiger partial charge in [0.2, 0.25) is 0 Å². The van der Waals surface area contributed by atoms with Gasteiger partial charge in [-0.3, -0.25) is 0 Å². The second kappa shape index (κ2) is 6.50. The molecular formula is C13H20ClN3O2. The van der Waals surface area contributed by atoms with Gasteiger partial charge in [-0.15, -0.1) is 0 Å². The number of ether oxygens (including phenoxy) is 1. The Morgan fingerprint density at radius 2 is 2.26 bits per heavy atom. The van der Waals surface area contributed by atoms with E-state index in [9.17, 15) is 0 Å². The molecule has 0 atom stereocenters. The normalized spacial score (nSPS) is 16.4. The van der Waals surface area contributed by atoms with Crippen LogP contribution in [0.1, 0.15) is 32.0 Å². The predicted molar refractivity (Wildman–Crippen MR) is 74.2 cm³/mol. The monoisotopic (exact) mass is 285 g/mol. The van der Waals surface area contributed by atoms with E-state index in [1.807, 2.05) is 6.92 Å². The number of nitrogens with one attached hydrogen (secondary N) is 1. The SMILES string of the molecule is CCOCc1nc(Cl)cc(NCC2(CCO)CC2)n1. The van der Waals surface area contributed by atoms with Gasteiger partial charge in [0.25, 0.3) is 0 Å². The first-order valence-electron chi connectivity index (χ1n) is 6.63. The van der Waals surface area contributed by atoms with Crippen LogP contribution in [0.25, 0.3) is 0 Å². The number of hydrogen-bond acceptors (Lipinski definition) is 5. The highest BCUT2D eigenvalue weighted by molar-refractivity contribution is 6.29. The lowest BCUT2D eigenvalue weighted by Gasteiger charge is -2.15. The highest BCUT2D eigenvalue weighted by Crippen LogP contribution is 2.48. The van der Waals surface area contributed by atoms with Gasteiger partial charge in [-0.25, -0.2) is 9.97 Å². The van der Waals surface area contributed by atoms with E-state index in [-0.39, 0.29) is 12.0 Å². The summed E-state index contributed by atoms with van der Waals surface area (Å²) in [5.74, 6) is 1.31. The topological polar surface area (TPSA) is 67.3 Å². The van der Waals surface area contributed by atoms with Gasteiger partial charge in [0, 0.05) is 25.8 Å². The maximum Gasteiger partial charge on any atom is 0.158 e. The Hall–Kier alpha value is -0.910. The number of rotatable bonds is 8.